The number of carbonyl (C=O) groups excluding carboxylic acids is 1. The van der Waals surface area contributed by atoms with Crippen molar-refractivity contribution in [1.82, 2.24) is 10.2 Å². The van der Waals surface area contributed by atoms with Gasteiger partial charge in [-0.3, -0.25) is 0 Å². The number of thiophene rings is 1. The van der Waals surface area contributed by atoms with Gasteiger partial charge < -0.3 is 15.3 Å². The standard InChI is InChI=1S/C11H16N2O2S/c14-7-10-2-1-4-13(10)11(15)12-6-9-3-5-16-8-9/h3,5,8,10,14H,1-2,4,6-7H2,(H,12,15)/t10-/m0/s1. The Morgan fingerprint density at radius 1 is 1.69 bits per heavy atom. The summed E-state index contributed by atoms with van der Waals surface area (Å²) in [6.07, 6.45) is 1.89. The van der Waals surface area contributed by atoms with Crippen LogP contribution in [-0.4, -0.2) is 35.2 Å². The van der Waals surface area contributed by atoms with Crippen molar-refractivity contribution in [3.63, 3.8) is 0 Å². The number of rotatable bonds is 3. The third-order valence-electron chi connectivity index (χ3n) is 2.87. The zero-order chi connectivity index (χ0) is 11.4. The van der Waals surface area contributed by atoms with E-state index in [9.17, 15) is 4.79 Å². The number of aliphatic hydroxyl groups is 1. The minimum absolute atomic E-state index is 0.00229. The molecule has 0 saturated carbocycles. The zero-order valence-electron chi connectivity index (χ0n) is 9.06. The summed E-state index contributed by atoms with van der Waals surface area (Å²) in [5.41, 5.74) is 1.12. The Hall–Kier alpha value is -1.07. The van der Waals surface area contributed by atoms with Crippen LogP contribution in [-0.2, 0) is 6.54 Å². The van der Waals surface area contributed by atoms with Gasteiger partial charge in [0, 0.05) is 13.1 Å². The van der Waals surface area contributed by atoms with Crippen LogP contribution in [0.25, 0.3) is 0 Å². The molecule has 2 N–H and O–H groups in total. The van der Waals surface area contributed by atoms with Crippen molar-refractivity contribution in [1.29, 1.82) is 0 Å². The number of aliphatic hydroxyl groups excluding tert-OH is 1. The molecule has 1 atom stereocenters. The first kappa shape index (κ1) is 11.4. The number of hydrogen-bond donors (Lipinski definition) is 2. The molecule has 5 heteroatoms. The number of nitrogens with zero attached hydrogens (tertiary/aromatic N) is 1. The van der Waals surface area contributed by atoms with E-state index in [2.05, 4.69) is 5.32 Å². The Labute approximate surface area is 98.9 Å². The smallest absolute Gasteiger partial charge is 0.317 e. The van der Waals surface area contributed by atoms with Crippen LogP contribution in [0, 0.1) is 0 Å². The first-order chi connectivity index (χ1) is 7.81. The van der Waals surface area contributed by atoms with Gasteiger partial charge in [0.2, 0.25) is 0 Å². The van der Waals surface area contributed by atoms with Gasteiger partial charge in [-0.2, -0.15) is 11.3 Å². The minimum atomic E-state index is -0.0669. The molecule has 0 radical (unpaired) electrons. The molecule has 88 valence electrons. The van der Waals surface area contributed by atoms with E-state index in [0.29, 0.717) is 6.54 Å². The summed E-state index contributed by atoms with van der Waals surface area (Å²) in [6, 6.07) is 1.93. The molecule has 1 saturated heterocycles. The van der Waals surface area contributed by atoms with E-state index in [1.165, 1.54) is 0 Å². The number of likely N-dealkylation sites (tertiary alicyclic amines) is 1. The van der Waals surface area contributed by atoms with Crippen LogP contribution in [0.3, 0.4) is 0 Å². The van der Waals surface area contributed by atoms with Gasteiger partial charge in [-0.05, 0) is 35.2 Å². The average molecular weight is 240 g/mol. The lowest BCUT2D eigenvalue weighted by Gasteiger charge is -2.23. The molecule has 2 heterocycles. The molecule has 1 aliphatic heterocycles. The van der Waals surface area contributed by atoms with Crippen molar-refractivity contribution < 1.29 is 9.90 Å². The normalized spacial score (nSPS) is 20.1. The average Bonchev–Trinajstić information content (AvgIpc) is 2.96. The Morgan fingerprint density at radius 3 is 3.25 bits per heavy atom. The van der Waals surface area contributed by atoms with Crippen LogP contribution in [0.1, 0.15) is 18.4 Å². The zero-order valence-corrected chi connectivity index (χ0v) is 9.87. The molecule has 1 aliphatic rings. The van der Waals surface area contributed by atoms with Crippen LogP contribution in [0.2, 0.25) is 0 Å². The SMILES string of the molecule is O=C(NCc1ccsc1)N1CCC[C@H]1CO. The molecule has 2 amide bonds. The highest BCUT2D eigenvalue weighted by Gasteiger charge is 2.27. The van der Waals surface area contributed by atoms with Crippen LogP contribution in [0.4, 0.5) is 4.79 Å². The molecule has 1 aromatic heterocycles. The molecule has 0 spiro atoms. The van der Waals surface area contributed by atoms with Crippen LogP contribution >= 0.6 is 11.3 Å². The number of carbonyl (C=O) groups is 1. The third-order valence-corrected chi connectivity index (χ3v) is 3.60. The first-order valence-electron chi connectivity index (χ1n) is 5.47. The molecule has 0 aliphatic carbocycles. The first-order valence-corrected chi connectivity index (χ1v) is 6.42. The van der Waals surface area contributed by atoms with E-state index in [1.54, 1.807) is 16.2 Å². The Bertz CT molecular complexity index is 340. The largest absolute Gasteiger partial charge is 0.394 e. The Balaban J connectivity index is 1.83. The lowest BCUT2D eigenvalue weighted by molar-refractivity contribution is 0.157. The van der Waals surface area contributed by atoms with Gasteiger partial charge >= 0.3 is 6.03 Å². The minimum Gasteiger partial charge on any atom is -0.394 e. The molecule has 0 aromatic carbocycles. The predicted octanol–water partition coefficient (Wildman–Crippen LogP) is 1.41. The lowest BCUT2D eigenvalue weighted by atomic mass is 10.2. The summed E-state index contributed by atoms with van der Waals surface area (Å²) in [6.45, 7) is 1.38. The molecular weight excluding hydrogens is 224 g/mol. The van der Waals surface area contributed by atoms with Crippen molar-refractivity contribution in [2.24, 2.45) is 0 Å². The fraction of sp³-hybridized carbons (Fsp3) is 0.545. The van der Waals surface area contributed by atoms with Gasteiger partial charge in [0.1, 0.15) is 0 Å². The van der Waals surface area contributed by atoms with Crippen molar-refractivity contribution >= 4 is 17.4 Å². The van der Waals surface area contributed by atoms with Crippen LogP contribution < -0.4 is 5.32 Å². The maximum absolute atomic E-state index is 11.8. The van der Waals surface area contributed by atoms with Gasteiger partial charge in [-0.1, -0.05) is 0 Å². The molecular formula is C11H16N2O2S. The lowest BCUT2D eigenvalue weighted by Crippen LogP contribution is -2.43. The second kappa shape index (κ2) is 5.32. The van der Waals surface area contributed by atoms with Gasteiger partial charge in [0.15, 0.2) is 0 Å². The summed E-state index contributed by atoms with van der Waals surface area (Å²) < 4.78 is 0. The summed E-state index contributed by atoms with van der Waals surface area (Å²) >= 11 is 1.62. The number of amides is 2. The number of urea groups is 1. The van der Waals surface area contributed by atoms with E-state index in [-0.39, 0.29) is 18.7 Å². The van der Waals surface area contributed by atoms with Crippen molar-refractivity contribution in [3.8, 4) is 0 Å². The summed E-state index contributed by atoms with van der Waals surface area (Å²) in [4.78, 5) is 13.5. The van der Waals surface area contributed by atoms with E-state index < -0.39 is 0 Å². The fourth-order valence-electron chi connectivity index (χ4n) is 1.97. The van der Waals surface area contributed by atoms with Gasteiger partial charge in [0.05, 0.1) is 12.6 Å². The molecule has 1 aromatic rings. The summed E-state index contributed by atoms with van der Waals surface area (Å²) in [5, 5.41) is 16.0. The number of hydrogen-bond acceptors (Lipinski definition) is 3. The number of nitrogens with one attached hydrogen (secondary N) is 1. The topological polar surface area (TPSA) is 52.6 Å². The molecule has 4 nitrogen and oxygen atoms in total. The molecule has 2 rings (SSSR count). The van der Waals surface area contributed by atoms with E-state index >= 15 is 0 Å². The van der Waals surface area contributed by atoms with Crippen molar-refractivity contribution in [3.05, 3.63) is 22.4 Å². The monoisotopic (exact) mass is 240 g/mol. The second-order valence-corrected chi connectivity index (χ2v) is 4.74. The fourth-order valence-corrected chi connectivity index (χ4v) is 2.63. The molecule has 1 fully saturated rings. The third kappa shape index (κ3) is 2.54. The van der Waals surface area contributed by atoms with Crippen LogP contribution in [0.5, 0.6) is 0 Å². The van der Waals surface area contributed by atoms with E-state index in [0.717, 1.165) is 24.9 Å². The van der Waals surface area contributed by atoms with Crippen LogP contribution in [0.15, 0.2) is 16.8 Å². The van der Waals surface area contributed by atoms with Gasteiger partial charge in [-0.15, -0.1) is 0 Å². The molecule has 0 unspecified atom stereocenters. The highest BCUT2D eigenvalue weighted by Crippen LogP contribution is 2.16. The quantitative estimate of drug-likeness (QED) is 0.839. The summed E-state index contributed by atoms with van der Waals surface area (Å²) in [7, 11) is 0. The Morgan fingerprint density at radius 2 is 2.56 bits per heavy atom. The summed E-state index contributed by atoms with van der Waals surface area (Å²) in [5.74, 6) is 0. The molecule has 16 heavy (non-hydrogen) atoms. The molecule has 0 bridgehead atoms. The maximum atomic E-state index is 11.8. The second-order valence-electron chi connectivity index (χ2n) is 3.96. The highest BCUT2D eigenvalue weighted by molar-refractivity contribution is 7.07. The van der Waals surface area contributed by atoms with Crippen molar-refractivity contribution in [2.75, 3.05) is 13.2 Å². The Kier molecular flexibility index (Phi) is 3.79. The van der Waals surface area contributed by atoms with Gasteiger partial charge in [-0.25, -0.2) is 4.79 Å². The van der Waals surface area contributed by atoms with Crippen molar-refractivity contribution in [2.45, 2.75) is 25.4 Å². The maximum Gasteiger partial charge on any atom is 0.317 e. The highest BCUT2D eigenvalue weighted by atomic mass is 32.1. The predicted molar refractivity (Wildman–Crippen MR) is 63.4 cm³/mol. The van der Waals surface area contributed by atoms with Gasteiger partial charge in [0.25, 0.3) is 0 Å². The van der Waals surface area contributed by atoms with E-state index in [4.69, 9.17) is 5.11 Å². The van der Waals surface area contributed by atoms with E-state index in [1.807, 2.05) is 16.8 Å².